The summed E-state index contributed by atoms with van der Waals surface area (Å²) in [6, 6.07) is 12.8. The molecule has 2 aromatic heterocycles. The van der Waals surface area contributed by atoms with Crippen LogP contribution in [0.15, 0.2) is 53.8 Å². The van der Waals surface area contributed by atoms with E-state index >= 15 is 0 Å². The Bertz CT molecular complexity index is 954. The van der Waals surface area contributed by atoms with Gasteiger partial charge in [0, 0.05) is 30.2 Å². The number of hydrogen-bond acceptors (Lipinski definition) is 6. The second kappa shape index (κ2) is 7.24. The molecule has 1 aromatic carbocycles. The van der Waals surface area contributed by atoms with E-state index in [-0.39, 0.29) is 0 Å². The second-order valence-electron chi connectivity index (χ2n) is 5.43. The highest BCUT2D eigenvalue weighted by atomic mass is 32.2. The first-order chi connectivity index (χ1) is 11.9. The van der Waals surface area contributed by atoms with E-state index < -0.39 is 10.0 Å². The van der Waals surface area contributed by atoms with Gasteiger partial charge in [0.1, 0.15) is 0 Å². The highest BCUT2D eigenvalue weighted by Gasteiger charge is 2.12. The molecule has 7 nitrogen and oxygen atoms in total. The van der Waals surface area contributed by atoms with Gasteiger partial charge < -0.3 is 4.57 Å². The van der Waals surface area contributed by atoms with E-state index in [0.29, 0.717) is 11.4 Å². The first kappa shape index (κ1) is 17.4. The molecule has 9 heteroatoms. The van der Waals surface area contributed by atoms with Crippen molar-refractivity contribution < 1.29 is 8.42 Å². The zero-order valence-electron chi connectivity index (χ0n) is 13.7. The summed E-state index contributed by atoms with van der Waals surface area (Å²) in [4.78, 5) is 4.29. The van der Waals surface area contributed by atoms with Gasteiger partial charge in [0.25, 0.3) is 0 Å². The van der Waals surface area contributed by atoms with Gasteiger partial charge in [-0.15, -0.1) is 10.2 Å². The SMILES string of the molecule is Cn1c(SCc2ccccn2)nnc1-c1ccc(NS(C)(=O)=O)cc1. The average molecular weight is 375 g/mol. The van der Waals surface area contributed by atoms with E-state index in [4.69, 9.17) is 0 Å². The lowest BCUT2D eigenvalue weighted by Gasteiger charge is -2.06. The molecule has 1 N–H and O–H groups in total. The zero-order chi connectivity index (χ0) is 17.9. The van der Waals surface area contributed by atoms with Gasteiger partial charge in [-0.25, -0.2) is 8.42 Å². The molecule has 0 radical (unpaired) electrons. The lowest BCUT2D eigenvalue weighted by Crippen LogP contribution is -2.09. The quantitative estimate of drug-likeness (QED) is 0.666. The van der Waals surface area contributed by atoms with E-state index in [2.05, 4.69) is 19.9 Å². The Morgan fingerprint density at radius 1 is 1.12 bits per heavy atom. The summed E-state index contributed by atoms with van der Waals surface area (Å²) in [5.74, 6) is 1.43. The predicted octanol–water partition coefficient (Wildman–Crippen LogP) is 2.54. The third kappa shape index (κ3) is 4.58. The number of aromatic nitrogens is 4. The number of sulfonamides is 1. The van der Waals surface area contributed by atoms with E-state index in [1.807, 2.05) is 41.9 Å². The number of hydrogen-bond donors (Lipinski definition) is 1. The van der Waals surface area contributed by atoms with Crippen LogP contribution in [-0.2, 0) is 22.8 Å². The summed E-state index contributed by atoms with van der Waals surface area (Å²) in [6.45, 7) is 0. The second-order valence-corrected chi connectivity index (χ2v) is 8.12. The standard InChI is InChI=1S/C16H17N5O2S2/c1-21-15(12-6-8-13(9-7-12)20-25(2,22)23)18-19-16(21)24-11-14-5-3-4-10-17-14/h3-10,20H,11H2,1-2H3. The van der Waals surface area contributed by atoms with Crippen LogP contribution in [0.25, 0.3) is 11.4 Å². The van der Waals surface area contributed by atoms with Crippen LogP contribution in [0.2, 0.25) is 0 Å². The number of benzene rings is 1. The van der Waals surface area contributed by atoms with Crippen molar-refractivity contribution in [2.45, 2.75) is 10.9 Å². The van der Waals surface area contributed by atoms with Gasteiger partial charge in [-0.1, -0.05) is 17.8 Å². The fraction of sp³-hybridized carbons (Fsp3) is 0.188. The van der Waals surface area contributed by atoms with Gasteiger partial charge >= 0.3 is 0 Å². The molecule has 0 bridgehead atoms. The fourth-order valence-corrected chi connectivity index (χ4v) is 3.61. The van der Waals surface area contributed by atoms with Gasteiger partial charge in [0.05, 0.1) is 11.9 Å². The summed E-state index contributed by atoms with van der Waals surface area (Å²) in [7, 11) is -1.38. The van der Waals surface area contributed by atoms with Crippen LogP contribution in [0, 0.1) is 0 Å². The molecule has 0 aliphatic heterocycles. The molecular weight excluding hydrogens is 358 g/mol. The minimum atomic E-state index is -3.28. The summed E-state index contributed by atoms with van der Waals surface area (Å²) >= 11 is 1.56. The van der Waals surface area contributed by atoms with Crippen molar-refractivity contribution in [3.63, 3.8) is 0 Å². The maximum atomic E-state index is 11.3. The summed E-state index contributed by atoms with van der Waals surface area (Å²) in [5, 5.41) is 9.25. The molecule has 3 aromatic rings. The maximum Gasteiger partial charge on any atom is 0.229 e. The van der Waals surface area contributed by atoms with Crippen LogP contribution in [0.3, 0.4) is 0 Å². The lowest BCUT2D eigenvalue weighted by molar-refractivity contribution is 0.607. The number of anilines is 1. The normalized spacial score (nSPS) is 11.4. The van der Waals surface area contributed by atoms with Gasteiger partial charge in [-0.2, -0.15) is 0 Å². The molecule has 130 valence electrons. The molecule has 0 aliphatic rings. The Morgan fingerprint density at radius 2 is 1.88 bits per heavy atom. The molecule has 0 fully saturated rings. The van der Waals surface area contributed by atoms with Crippen LogP contribution in [0.4, 0.5) is 5.69 Å². The molecule has 0 atom stereocenters. The minimum Gasteiger partial charge on any atom is -0.305 e. The van der Waals surface area contributed by atoms with E-state index in [1.165, 1.54) is 0 Å². The largest absolute Gasteiger partial charge is 0.305 e. The summed E-state index contributed by atoms with van der Waals surface area (Å²) in [5.41, 5.74) is 2.35. The van der Waals surface area contributed by atoms with Crippen molar-refractivity contribution in [1.29, 1.82) is 0 Å². The zero-order valence-corrected chi connectivity index (χ0v) is 15.4. The van der Waals surface area contributed by atoms with Crippen LogP contribution in [-0.4, -0.2) is 34.4 Å². The molecule has 3 rings (SSSR count). The van der Waals surface area contributed by atoms with Crippen molar-refractivity contribution in [3.05, 3.63) is 54.4 Å². The van der Waals surface area contributed by atoms with Crippen molar-refractivity contribution in [2.24, 2.45) is 7.05 Å². The van der Waals surface area contributed by atoms with Gasteiger partial charge in [0.2, 0.25) is 10.0 Å². The van der Waals surface area contributed by atoms with Crippen molar-refractivity contribution >= 4 is 27.5 Å². The van der Waals surface area contributed by atoms with E-state index in [9.17, 15) is 8.42 Å². The van der Waals surface area contributed by atoms with Crippen molar-refractivity contribution in [3.8, 4) is 11.4 Å². The topological polar surface area (TPSA) is 89.8 Å². The minimum absolute atomic E-state index is 0.512. The van der Waals surface area contributed by atoms with E-state index in [1.54, 1.807) is 30.1 Å². The molecule has 25 heavy (non-hydrogen) atoms. The predicted molar refractivity (Wildman–Crippen MR) is 98.7 cm³/mol. The first-order valence-electron chi connectivity index (χ1n) is 7.43. The van der Waals surface area contributed by atoms with Crippen molar-refractivity contribution in [2.75, 3.05) is 11.0 Å². The Hall–Kier alpha value is -2.39. The molecule has 0 spiro atoms. The number of thioether (sulfide) groups is 1. The summed E-state index contributed by atoms with van der Waals surface area (Å²) in [6.07, 6.45) is 2.89. The average Bonchev–Trinajstić information content (AvgIpc) is 2.94. The fourth-order valence-electron chi connectivity index (χ4n) is 2.22. The van der Waals surface area contributed by atoms with Crippen LogP contribution in [0.1, 0.15) is 5.69 Å². The third-order valence-corrected chi connectivity index (χ3v) is 5.02. The monoisotopic (exact) mass is 375 g/mol. The number of rotatable bonds is 6. The first-order valence-corrected chi connectivity index (χ1v) is 10.3. The number of nitrogens with one attached hydrogen (secondary N) is 1. The Kier molecular flexibility index (Phi) is 5.05. The van der Waals surface area contributed by atoms with Crippen molar-refractivity contribution in [1.82, 2.24) is 19.7 Å². The van der Waals surface area contributed by atoms with Crippen LogP contribution >= 0.6 is 11.8 Å². The molecule has 0 amide bonds. The highest BCUT2D eigenvalue weighted by Crippen LogP contribution is 2.25. The smallest absolute Gasteiger partial charge is 0.229 e. The molecule has 2 heterocycles. The molecule has 0 aliphatic carbocycles. The van der Waals surface area contributed by atoms with Gasteiger partial charge in [-0.3, -0.25) is 9.71 Å². The van der Waals surface area contributed by atoms with Gasteiger partial charge in [0.15, 0.2) is 11.0 Å². The number of nitrogens with zero attached hydrogens (tertiary/aromatic N) is 4. The van der Waals surface area contributed by atoms with E-state index in [0.717, 1.165) is 28.5 Å². The summed E-state index contributed by atoms with van der Waals surface area (Å²) < 4.78 is 26.9. The lowest BCUT2D eigenvalue weighted by atomic mass is 10.2. The van der Waals surface area contributed by atoms with Crippen LogP contribution < -0.4 is 4.72 Å². The Labute approximate surface area is 150 Å². The molecule has 0 unspecified atom stereocenters. The Balaban J connectivity index is 1.74. The molecule has 0 saturated carbocycles. The van der Waals surface area contributed by atoms with Crippen LogP contribution in [0.5, 0.6) is 0 Å². The maximum absolute atomic E-state index is 11.3. The molecular formula is C16H17N5O2S2. The molecule has 0 saturated heterocycles. The highest BCUT2D eigenvalue weighted by molar-refractivity contribution is 7.98. The third-order valence-electron chi connectivity index (χ3n) is 3.36. The number of pyridine rings is 1. The van der Waals surface area contributed by atoms with Gasteiger partial charge in [-0.05, 0) is 36.4 Å². The Morgan fingerprint density at radius 3 is 2.52 bits per heavy atom.